The minimum absolute atomic E-state index is 0.00768. The van der Waals surface area contributed by atoms with Crippen molar-refractivity contribution in [1.29, 1.82) is 0 Å². The van der Waals surface area contributed by atoms with Crippen LogP contribution < -0.4 is 0 Å². The first-order valence-electron chi connectivity index (χ1n) is 9.40. The Morgan fingerprint density at radius 3 is 2.25 bits per heavy atom. The van der Waals surface area contributed by atoms with Crippen LogP contribution in [0.25, 0.3) is 0 Å². The Morgan fingerprint density at radius 1 is 1.04 bits per heavy atom. The van der Waals surface area contributed by atoms with Crippen molar-refractivity contribution in [1.82, 2.24) is 4.90 Å². The third-order valence-electron chi connectivity index (χ3n) is 5.75. The van der Waals surface area contributed by atoms with Gasteiger partial charge in [-0.3, -0.25) is 4.79 Å². The summed E-state index contributed by atoms with van der Waals surface area (Å²) in [6.07, 6.45) is 1.83. The van der Waals surface area contributed by atoms with Crippen molar-refractivity contribution in [2.45, 2.75) is 30.3 Å². The smallest absolute Gasteiger partial charge is 0.328 e. The lowest BCUT2D eigenvalue weighted by Crippen LogP contribution is -2.42. The van der Waals surface area contributed by atoms with Crippen LogP contribution in [0, 0.1) is 5.92 Å². The van der Waals surface area contributed by atoms with Crippen LogP contribution in [0.5, 0.6) is 0 Å². The molecule has 0 amide bonds. The summed E-state index contributed by atoms with van der Waals surface area (Å²) in [5.74, 6) is -0.396. The number of hydrogen-bond donors (Lipinski definition) is 0. The summed E-state index contributed by atoms with van der Waals surface area (Å²) >= 11 is 6.67. The molecule has 2 aromatic carbocycles. The van der Waals surface area contributed by atoms with Crippen LogP contribution in [0.3, 0.4) is 0 Å². The quantitative estimate of drug-likeness (QED) is 0.436. The Hall–Kier alpha value is -2.59. The molecule has 1 aliphatic heterocycles. The fourth-order valence-corrected chi connectivity index (χ4v) is 4.75. The highest BCUT2D eigenvalue weighted by Gasteiger charge is 2.61. The van der Waals surface area contributed by atoms with Gasteiger partial charge >= 0.3 is 5.97 Å². The van der Waals surface area contributed by atoms with Crippen molar-refractivity contribution in [2.24, 2.45) is 5.92 Å². The Balaban J connectivity index is 1.80. The van der Waals surface area contributed by atoms with Gasteiger partial charge in [0.25, 0.3) is 0 Å². The van der Waals surface area contributed by atoms with E-state index in [-0.39, 0.29) is 35.0 Å². The molecule has 5 unspecified atom stereocenters. The molecule has 28 heavy (non-hydrogen) atoms. The molecule has 0 N–H and O–H groups in total. The number of nitrogens with zero attached hydrogens (tertiary/aromatic N) is 1. The Kier molecular flexibility index (Phi) is 4.98. The zero-order chi connectivity index (χ0) is 19.8. The predicted octanol–water partition coefficient (Wildman–Crippen LogP) is 4.02. The summed E-state index contributed by atoms with van der Waals surface area (Å²) in [5, 5.41) is -0.130. The van der Waals surface area contributed by atoms with E-state index in [4.69, 9.17) is 16.3 Å². The second kappa shape index (κ2) is 7.44. The van der Waals surface area contributed by atoms with Gasteiger partial charge in [0.2, 0.25) is 0 Å². The first kappa shape index (κ1) is 18.8. The normalized spacial score (nSPS) is 26.7. The maximum atomic E-state index is 13.4. The topological polar surface area (TPSA) is 46.6 Å². The second-order valence-corrected chi connectivity index (χ2v) is 7.83. The molecule has 2 aromatic rings. The highest BCUT2D eigenvalue weighted by molar-refractivity contribution is 6.24. The largest absolute Gasteiger partial charge is 0.467 e. The van der Waals surface area contributed by atoms with E-state index >= 15 is 0 Å². The van der Waals surface area contributed by atoms with Crippen molar-refractivity contribution in [3.8, 4) is 0 Å². The van der Waals surface area contributed by atoms with E-state index in [2.05, 4.69) is 0 Å². The Labute approximate surface area is 169 Å². The maximum Gasteiger partial charge on any atom is 0.328 e. The number of ketones is 1. The predicted molar refractivity (Wildman–Crippen MR) is 108 cm³/mol. The fourth-order valence-electron chi connectivity index (χ4n) is 4.24. The molecule has 0 saturated heterocycles. The standard InChI is InChI=1S/C23H22ClNO3/c1-14(23(27)28-2)25-13-17(22(26)16-11-7-4-8-12-16)18(19-20(24)21(19)25)15-9-5-3-6-10-15/h3-14,18-21H,1-2H3. The number of Topliss-reactive ketones (excluding diaryl/α,β-unsaturated/α-hetero) is 1. The average Bonchev–Trinajstić information content (AvgIpc) is 3.43. The number of alkyl halides is 1. The van der Waals surface area contributed by atoms with E-state index in [1.807, 2.05) is 71.8 Å². The van der Waals surface area contributed by atoms with Gasteiger partial charge < -0.3 is 9.64 Å². The Bertz CT molecular complexity index is 912. The number of esters is 1. The highest BCUT2D eigenvalue weighted by atomic mass is 35.5. The molecule has 4 rings (SSSR count). The van der Waals surface area contributed by atoms with Gasteiger partial charge in [-0.15, -0.1) is 11.6 Å². The molecule has 1 saturated carbocycles. The van der Waals surface area contributed by atoms with E-state index in [1.54, 1.807) is 6.92 Å². The number of halogens is 1. The zero-order valence-corrected chi connectivity index (χ0v) is 16.5. The van der Waals surface area contributed by atoms with Gasteiger partial charge in [0.05, 0.1) is 18.5 Å². The van der Waals surface area contributed by atoms with E-state index < -0.39 is 6.04 Å². The molecule has 1 fully saturated rings. The Morgan fingerprint density at radius 2 is 1.64 bits per heavy atom. The van der Waals surface area contributed by atoms with Gasteiger partial charge in [-0.2, -0.15) is 0 Å². The summed E-state index contributed by atoms with van der Waals surface area (Å²) in [6.45, 7) is 1.79. The van der Waals surface area contributed by atoms with E-state index in [0.717, 1.165) is 5.56 Å². The minimum atomic E-state index is -0.503. The van der Waals surface area contributed by atoms with Gasteiger partial charge in [-0.05, 0) is 12.5 Å². The number of rotatable bonds is 5. The van der Waals surface area contributed by atoms with Crippen LogP contribution >= 0.6 is 11.6 Å². The van der Waals surface area contributed by atoms with Crippen molar-refractivity contribution in [3.63, 3.8) is 0 Å². The lowest BCUT2D eigenvalue weighted by atomic mass is 9.81. The molecule has 1 heterocycles. The molecule has 0 aromatic heterocycles. The monoisotopic (exact) mass is 395 g/mol. The molecule has 0 bridgehead atoms. The van der Waals surface area contributed by atoms with Crippen molar-refractivity contribution >= 4 is 23.4 Å². The molecule has 5 atom stereocenters. The van der Waals surface area contributed by atoms with E-state index in [1.165, 1.54) is 7.11 Å². The number of methoxy groups -OCH3 is 1. The van der Waals surface area contributed by atoms with Crippen LogP contribution in [-0.4, -0.2) is 41.2 Å². The fraction of sp³-hybridized carbons (Fsp3) is 0.304. The lowest BCUT2D eigenvalue weighted by molar-refractivity contribution is -0.145. The molecule has 144 valence electrons. The summed E-state index contributed by atoms with van der Waals surface area (Å²) in [4.78, 5) is 27.5. The number of hydrogen-bond acceptors (Lipinski definition) is 4. The third kappa shape index (κ3) is 3.12. The summed E-state index contributed by atoms with van der Waals surface area (Å²) in [5.41, 5.74) is 2.37. The SMILES string of the molecule is COC(=O)C(C)N1C=C(C(=O)c2ccccc2)C(c2ccccc2)C2C(Cl)C21. The van der Waals surface area contributed by atoms with Gasteiger partial charge in [-0.1, -0.05) is 60.7 Å². The van der Waals surface area contributed by atoms with E-state index in [0.29, 0.717) is 11.1 Å². The summed E-state index contributed by atoms with van der Waals surface area (Å²) in [7, 11) is 1.37. The summed E-state index contributed by atoms with van der Waals surface area (Å²) in [6, 6.07) is 18.7. The van der Waals surface area contributed by atoms with Crippen molar-refractivity contribution in [2.75, 3.05) is 7.11 Å². The third-order valence-corrected chi connectivity index (χ3v) is 6.30. The first-order chi connectivity index (χ1) is 13.5. The van der Waals surface area contributed by atoms with Crippen LogP contribution in [0.15, 0.2) is 72.4 Å². The molecule has 5 heteroatoms. The van der Waals surface area contributed by atoms with Gasteiger partial charge in [-0.25, -0.2) is 4.79 Å². The van der Waals surface area contributed by atoms with Gasteiger partial charge in [0.1, 0.15) is 6.04 Å². The van der Waals surface area contributed by atoms with Gasteiger partial charge in [0, 0.05) is 29.2 Å². The maximum absolute atomic E-state index is 13.4. The van der Waals surface area contributed by atoms with Crippen molar-refractivity contribution in [3.05, 3.63) is 83.6 Å². The number of allylic oxidation sites excluding steroid dienone is 1. The summed E-state index contributed by atoms with van der Waals surface area (Å²) < 4.78 is 4.92. The molecule has 0 spiro atoms. The minimum Gasteiger partial charge on any atom is -0.467 e. The van der Waals surface area contributed by atoms with Crippen LogP contribution in [0.4, 0.5) is 0 Å². The average molecular weight is 396 g/mol. The first-order valence-corrected chi connectivity index (χ1v) is 9.84. The number of carbonyl (C=O) groups excluding carboxylic acids is 2. The number of fused-ring (bicyclic) bond motifs is 1. The molecule has 4 nitrogen and oxygen atoms in total. The van der Waals surface area contributed by atoms with Gasteiger partial charge in [0.15, 0.2) is 5.78 Å². The molecule has 2 aliphatic rings. The molecular formula is C23H22ClNO3. The van der Waals surface area contributed by atoms with E-state index in [9.17, 15) is 9.59 Å². The number of benzene rings is 2. The van der Waals surface area contributed by atoms with Crippen LogP contribution in [0.1, 0.15) is 28.8 Å². The number of ether oxygens (including phenoxy) is 1. The molecular weight excluding hydrogens is 374 g/mol. The van der Waals surface area contributed by atoms with Crippen LogP contribution in [-0.2, 0) is 9.53 Å². The molecule has 0 radical (unpaired) electrons. The van der Waals surface area contributed by atoms with Crippen LogP contribution in [0.2, 0.25) is 0 Å². The zero-order valence-electron chi connectivity index (χ0n) is 15.8. The highest BCUT2D eigenvalue weighted by Crippen LogP contribution is 2.56. The lowest BCUT2D eigenvalue weighted by Gasteiger charge is -2.34. The second-order valence-electron chi connectivity index (χ2n) is 7.33. The van der Waals surface area contributed by atoms with Crippen molar-refractivity contribution < 1.29 is 14.3 Å². The number of carbonyl (C=O) groups is 2. The molecule has 1 aliphatic carbocycles.